The summed E-state index contributed by atoms with van der Waals surface area (Å²) in [4.78, 5) is 24.7. The van der Waals surface area contributed by atoms with Crippen molar-refractivity contribution >= 4 is 27.9 Å². The molecule has 3 aliphatic rings. The second kappa shape index (κ2) is 8.61. The zero-order chi connectivity index (χ0) is 23.2. The van der Waals surface area contributed by atoms with E-state index >= 15 is 0 Å². The van der Waals surface area contributed by atoms with Gasteiger partial charge in [-0.2, -0.15) is 0 Å². The lowest BCUT2D eigenvalue weighted by atomic mass is 9.84. The van der Waals surface area contributed by atoms with Gasteiger partial charge in [0, 0.05) is 21.5 Å². The predicted octanol–water partition coefficient (Wildman–Crippen LogP) is 5.62. The highest BCUT2D eigenvalue weighted by Crippen LogP contribution is 2.49. The minimum absolute atomic E-state index is 0.0699. The fourth-order valence-electron chi connectivity index (χ4n) is 4.70. The highest BCUT2D eigenvalue weighted by molar-refractivity contribution is 9.10. The topological polar surface area (TPSA) is 78.3 Å². The van der Waals surface area contributed by atoms with Gasteiger partial charge < -0.3 is 18.6 Å². The van der Waals surface area contributed by atoms with Crippen LogP contribution in [0.15, 0.2) is 69.3 Å². The zero-order valence-corrected chi connectivity index (χ0v) is 19.9. The molecular weight excluding hydrogens is 488 g/mol. The molecule has 2 aromatic rings. The van der Waals surface area contributed by atoms with Gasteiger partial charge in [0.1, 0.15) is 30.8 Å². The van der Waals surface area contributed by atoms with Crippen LogP contribution in [0, 0.1) is 5.92 Å². The van der Waals surface area contributed by atoms with E-state index in [1.165, 1.54) is 6.26 Å². The van der Waals surface area contributed by atoms with Gasteiger partial charge in [-0.15, -0.1) is 0 Å². The Morgan fingerprint density at radius 1 is 1.30 bits per heavy atom. The largest absolute Gasteiger partial charge is 0.463 e. The van der Waals surface area contributed by atoms with Crippen LogP contribution in [-0.4, -0.2) is 36.4 Å². The number of hydrogen-bond acceptors (Lipinski definition) is 6. The van der Waals surface area contributed by atoms with Crippen LogP contribution >= 0.6 is 15.9 Å². The van der Waals surface area contributed by atoms with E-state index in [1.807, 2.05) is 24.3 Å². The average Bonchev–Trinajstić information content (AvgIpc) is 3.11. The van der Waals surface area contributed by atoms with E-state index in [4.69, 9.17) is 18.6 Å². The second-order valence-electron chi connectivity index (χ2n) is 9.08. The van der Waals surface area contributed by atoms with Crippen LogP contribution in [0.25, 0.3) is 11.3 Å². The van der Waals surface area contributed by atoms with E-state index in [9.17, 15) is 9.59 Å². The van der Waals surface area contributed by atoms with E-state index in [0.29, 0.717) is 29.7 Å². The molecule has 4 atom stereocenters. The molecule has 5 rings (SSSR count). The summed E-state index contributed by atoms with van der Waals surface area (Å²) in [5.74, 6) is -0.237. The lowest BCUT2D eigenvalue weighted by Crippen LogP contribution is -2.29. The highest BCUT2D eigenvalue weighted by Gasteiger charge is 2.61. The molecule has 6 nitrogen and oxygen atoms in total. The van der Waals surface area contributed by atoms with Crippen LogP contribution < -0.4 is 0 Å². The molecular formula is C26H25BrO6. The number of benzene rings is 1. The van der Waals surface area contributed by atoms with Crippen LogP contribution in [-0.2, 0) is 19.0 Å². The smallest absolute Gasteiger partial charge is 0.341 e. The number of allylic oxidation sites excluding steroid dienone is 1. The maximum absolute atomic E-state index is 12.6. The average molecular weight is 513 g/mol. The van der Waals surface area contributed by atoms with Gasteiger partial charge in [0.2, 0.25) is 0 Å². The quantitative estimate of drug-likeness (QED) is 0.229. The molecule has 7 heteroatoms. The first-order chi connectivity index (χ1) is 15.8. The molecule has 1 aromatic carbocycles. The molecule has 0 N–H and O–H groups in total. The lowest BCUT2D eigenvalue weighted by molar-refractivity contribution is -0.140. The molecule has 2 fully saturated rings. The van der Waals surface area contributed by atoms with E-state index in [1.54, 1.807) is 6.07 Å². The van der Waals surface area contributed by atoms with Crippen molar-refractivity contribution in [2.45, 2.75) is 50.4 Å². The summed E-state index contributed by atoms with van der Waals surface area (Å²) in [6, 6.07) is 9.35. The summed E-state index contributed by atoms with van der Waals surface area (Å²) < 4.78 is 23.7. The van der Waals surface area contributed by atoms with Crippen molar-refractivity contribution in [1.29, 1.82) is 0 Å². The first-order valence-corrected chi connectivity index (χ1v) is 11.9. The number of halogens is 1. The SMILES string of the molecule is C=C1C(=O)O[C@H]2[C@H]1CC/C(COC(=O)c1coc(-c3ccc(Br)cc3)c1)=C/CC[C@@]1(C)O[C@@H]21. The van der Waals surface area contributed by atoms with Gasteiger partial charge in [0.15, 0.2) is 0 Å². The molecule has 1 aromatic heterocycles. The fraction of sp³-hybridized carbons (Fsp3) is 0.385. The van der Waals surface area contributed by atoms with E-state index in [-0.39, 0.29) is 36.3 Å². The maximum Gasteiger partial charge on any atom is 0.341 e. The van der Waals surface area contributed by atoms with Crippen molar-refractivity contribution in [3.8, 4) is 11.3 Å². The van der Waals surface area contributed by atoms with Crippen molar-refractivity contribution in [3.63, 3.8) is 0 Å². The molecule has 2 saturated heterocycles. The van der Waals surface area contributed by atoms with Gasteiger partial charge in [0.05, 0.1) is 11.2 Å². The molecule has 1 aliphatic carbocycles. The molecule has 33 heavy (non-hydrogen) atoms. The summed E-state index contributed by atoms with van der Waals surface area (Å²) in [6.45, 7) is 6.19. The molecule has 172 valence electrons. The molecule has 0 saturated carbocycles. The molecule has 0 radical (unpaired) electrons. The molecule has 0 spiro atoms. The summed E-state index contributed by atoms with van der Waals surface area (Å²) >= 11 is 3.41. The standard InChI is InChI=1S/C26H25BrO6/c1-15-20-10-5-16(4-3-11-26(2)23(33-26)22(20)32-24(15)28)13-31-25(29)18-12-21(30-14-18)17-6-8-19(27)9-7-17/h4,6-9,12,14,20,22-23H,1,3,5,10-11,13H2,2H3/b16-4-/t20-,22-,23-,26+/m0/s1. The number of furan rings is 1. The molecule has 0 unspecified atom stereocenters. The van der Waals surface area contributed by atoms with Gasteiger partial charge in [-0.25, -0.2) is 9.59 Å². The van der Waals surface area contributed by atoms with Crippen LogP contribution in [0.1, 0.15) is 43.0 Å². The van der Waals surface area contributed by atoms with E-state index in [2.05, 4.69) is 35.5 Å². The van der Waals surface area contributed by atoms with Crippen LogP contribution in [0.4, 0.5) is 0 Å². The Bertz CT molecular complexity index is 1130. The van der Waals surface area contributed by atoms with Crippen LogP contribution in [0.5, 0.6) is 0 Å². The van der Waals surface area contributed by atoms with Crippen molar-refractivity contribution in [1.82, 2.24) is 0 Å². The summed E-state index contributed by atoms with van der Waals surface area (Å²) in [6.07, 6.45) is 6.23. The second-order valence-corrected chi connectivity index (χ2v) is 9.99. The predicted molar refractivity (Wildman–Crippen MR) is 124 cm³/mol. The third kappa shape index (κ3) is 4.44. The number of esters is 2. The molecule has 0 bridgehead atoms. The Kier molecular flexibility index (Phi) is 5.79. The van der Waals surface area contributed by atoms with Crippen molar-refractivity contribution in [3.05, 3.63) is 70.4 Å². The van der Waals surface area contributed by atoms with Crippen molar-refractivity contribution in [2.24, 2.45) is 5.92 Å². The number of carbonyl (C=O) groups excluding carboxylic acids is 2. The molecule has 0 amide bonds. The number of hydrogen-bond donors (Lipinski definition) is 0. The zero-order valence-electron chi connectivity index (χ0n) is 18.3. The number of carbonyl (C=O) groups is 2. The minimum atomic E-state index is -0.431. The van der Waals surface area contributed by atoms with Crippen molar-refractivity contribution in [2.75, 3.05) is 6.61 Å². The Balaban J connectivity index is 1.24. The minimum Gasteiger partial charge on any atom is -0.463 e. The fourth-order valence-corrected chi connectivity index (χ4v) is 4.97. The van der Waals surface area contributed by atoms with Gasteiger partial charge in [-0.05, 0) is 56.4 Å². The van der Waals surface area contributed by atoms with Gasteiger partial charge in [-0.3, -0.25) is 0 Å². The number of epoxide rings is 1. The number of fused-ring (bicyclic) bond motifs is 3. The third-order valence-electron chi connectivity index (χ3n) is 6.79. The Hall–Kier alpha value is -2.64. The normalized spacial score (nSPS) is 30.5. The summed E-state index contributed by atoms with van der Waals surface area (Å²) in [7, 11) is 0. The Morgan fingerprint density at radius 3 is 2.88 bits per heavy atom. The lowest BCUT2D eigenvalue weighted by Gasteiger charge is -2.20. The number of ether oxygens (including phenoxy) is 3. The first-order valence-electron chi connectivity index (χ1n) is 11.1. The highest BCUT2D eigenvalue weighted by atomic mass is 79.9. The first kappa shape index (κ1) is 22.2. The van der Waals surface area contributed by atoms with Gasteiger partial charge >= 0.3 is 11.9 Å². The van der Waals surface area contributed by atoms with Gasteiger partial charge in [0.25, 0.3) is 0 Å². The monoisotopic (exact) mass is 512 g/mol. The molecule has 2 aliphatic heterocycles. The van der Waals surface area contributed by atoms with Gasteiger partial charge in [-0.1, -0.05) is 40.7 Å². The summed E-state index contributed by atoms with van der Waals surface area (Å²) in [5, 5.41) is 0. The maximum atomic E-state index is 12.6. The summed E-state index contributed by atoms with van der Waals surface area (Å²) in [5.41, 5.74) is 2.49. The van der Waals surface area contributed by atoms with Crippen molar-refractivity contribution < 1.29 is 28.2 Å². The number of rotatable bonds is 4. The Morgan fingerprint density at radius 2 is 2.09 bits per heavy atom. The van der Waals surface area contributed by atoms with Crippen LogP contribution in [0.2, 0.25) is 0 Å². The van der Waals surface area contributed by atoms with E-state index < -0.39 is 5.97 Å². The third-order valence-corrected chi connectivity index (χ3v) is 7.32. The van der Waals surface area contributed by atoms with Crippen LogP contribution in [0.3, 0.4) is 0 Å². The molecule has 3 heterocycles. The van der Waals surface area contributed by atoms with E-state index in [0.717, 1.165) is 28.5 Å². The Labute approximate surface area is 200 Å².